The largest absolute Gasteiger partial charge is 0.467 e. The summed E-state index contributed by atoms with van der Waals surface area (Å²) in [5.74, 6) is -1.57. The molecule has 8 heteroatoms. The van der Waals surface area contributed by atoms with E-state index in [-0.39, 0.29) is 23.8 Å². The molecule has 24 heavy (non-hydrogen) atoms. The zero-order valence-electron chi connectivity index (χ0n) is 13.6. The SMILES string of the molecule is COC(=O)C(C)N(C(=O)Cc1ccc(F)cc1)C1CCS(=O)(=O)C1. The summed E-state index contributed by atoms with van der Waals surface area (Å²) in [6.07, 6.45) is 0.247. The van der Waals surface area contributed by atoms with Crippen LogP contribution in [0.1, 0.15) is 18.9 Å². The first-order valence-corrected chi connectivity index (χ1v) is 9.39. The van der Waals surface area contributed by atoms with Crippen molar-refractivity contribution in [1.29, 1.82) is 0 Å². The van der Waals surface area contributed by atoms with Gasteiger partial charge in [0.1, 0.15) is 11.9 Å². The van der Waals surface area contributed by atoms with Crippen LogP contribution in [0.5, 0.6) is 0 Å². The van der Waals surface area contributed by atoms with Crippen LogP contribution < -0.4 is 0 Å². The number of carbonyl (C=O) groups excluding carboxylic acids is 2. The van der Waals surface area contributed by atoms with Gasteiger partial charge < -0.3 is 9.64 Å². The van der Waals surface area contributed by atoms with Crippen molar-refractivity contribution in [3.8, 4) is 0 Å². The minimum absolute atomic E-state index is 0.00805. The molecule has 1 aliphatic rings. The van der Waals surface area contributed by atoms with Crippen LogP contribution in [0.15, 0.2) is 24.3 Å². The monoisotopic (exact) mass is 357 g/mol. The number of ether oxygens (including phenoxy) is 1. The van der Waals surface area contributed by atoms with Crippen LogP contribution >= 0.6 is 0 Å². The highest BCUT2D eigenvalue weighted by molar-refractivity contribution is 7.91. The zero-order valence-corrected chi connectivity index (χ0v) is 14.4. The number of esters is 1. The summed E-state index contributed by atoms with van der Waals surface area (Å²) in [5, 5.41) is 0. The fourth-order valence-corrected chi connectivity index (χ4v) is 4.59. The number of rotatable bonds is 5. The van der Waals surface area contributed by atoms with E-state index in [4.69, 9.17) is 0 Å². The summed E-state index contributed by atoms with van der Waals surface area (Å²) >= 11 is 0. The second kappa shape index (κ2) is 7.29. The molecule has 0 N–H and O–H groups in total. The fourth-order valence-electron chi connectivity index (χ4n) is 2.88. The molecule has 0 radical (unpaired) electrons. The first kappa shape index (κ1) is 18.4. The molecular weight excluding hydrogens is 337 g/mol. The van der Waals surface area contributed by atoms with E-state index in [1.54, 1.807) is 0 Å². The van der Waals surface area contributed by atoms with Crippen LogP contribution in [0.25, 0.3) is 0 Å². The molecule has 2 rings (SSSR count). The standard InChI is InChI=1S/C16H20FNO5S/c1-11(16(20)23-2)18(14-7-8-24(21,22)10-14)15(19)9-12-3-5-13(17)6-4-12/h3-6,11,14H,7-10H2,1-2H3. The van der Waals surface area contributed by atoms with Gasteiger partial charge in [-0.15, -0.1) is 0 Å². The molecule has 132 valence electrons. The molecule has 6 nitrogen and oxygen atoms in total. The van der Waals surface area contributed by atoms with Gasteiger partial charge in [-0.05, 0) is 31.0 Å². The van der Waals surface area contributed by atoms with Crippen molar-refractivity contribution in [3.05, 3.63) is 35.6 Å². The van der Waals surface area contributed by atoms with Crippen molar-refractivity contribution in [2.45, 2.75) is 31.8 Å². The Morgan fingerprint density at radius 2 is 1.96 bits per heavy atom. The molecular formula is C16H20FNO5S. The second-order valence-corrected chi connectivity index (χ2v) is 8.09. The lowest BCUT2D eigenvalue weighted by Crippen LogP contribution is -2.50. The van der Waals surface area contributed by atoms with E-state index in [0.717, 1.165) is 0 Å². The fraction of sp³-hybridized carbons (Fsp3) is 0.500. The van der Waals surface area contributed by atoms with E-state index in [0.29, 0.717) is 12.0 Å². The lowest BCUT2D eigenvalue weighted by atomic mass is 10.1. The molecule has 1 aromatic carbocycles. The van der Waals surface area contributed by atoms with Gasteiger partial charge in [0.2, 0.25) is 5.91 Å². The summed E-state index contributed by atoms with van der Waals surface area (Å²) in [6.45, 7) is 1.51. The van der Waals surface area contributed by atoms with Crippen molar-refractivity contribution < 1.29 is 27.1 Å². The maximum atomic E-state index is 13.0. The van der Waals surface area contributed by atoms with Gasteiger partial charge in [0, 0.05) is 6.04 Å². The number of benzene rings is 1. The van der Waals surface area contributed by atoms with Crippen LogP contribution in [0.2, 0.25) is 0 Å². The van der Waals surface area contributed by atoms with Gasteiger partial charge in [0.15, 0.2) is 9.84 Å². The van der Waals surface area contributed by atoms with Crippen LogP contribution in [-0.2, 0) is 30.6 Å². The molecule has 0 saturated carbocycles. The first-order chi connectivity index (χ1) is 11.2. The molecule has 0 bridgehead atoms. The van der Waals surface area contributed by atoms with Gasteiger partial charge in [0.05, 0.1) is 25.0 Å². The zero-order chi connectivity index (χ0) is 17.9. The Hall–Kier alpha value is -1.96. The lowest BCUT2D eigenvalue weighted by Gasteiger charge is -2.32. The summed E-state index contributed by atoms with van der Waals surface area (Å²) in [7, 11) is -2.00. The number of methoxy groups -OCH3 is 1. The third-order valence-corrected chi connectivity index (χ3v) is 5.87. The predicted molar refractivity (Wildman–Crippen MR) is 85.5 cm³/mol. The summed E-state index contributed by atoms with van der Waals surface area (Å²) in [6, 6.07) is 4.02. The van der Waals surface area contributed by atoms with Crippen LogP contribution in [0.3, 0.4) is 0 Å². The molecule has 1 aliphatic heterocycles. The van der Waals surface area contributed by atoms with Gasteiger partial charge in [-0.2, -0.15) is 0 Å². The highest BCUT2D eigenvalue weighted by Gasteiger charge is 2.39. The Morgan fingerprint density at radius 1 is 1.33 bits per heavy atom. The molecule has 1 amide bonds. The minimum atomic E-state index is -3.21. The Kier molecular flexibility index (Phi) is 5.58. The molecule has 1 saturated heterocycles. The van der Waals surface area contributed by atoms with E-state index in [2.05, 4.69) is 4.74 Å². The van der Waals surface area contributed by atoms with E-state index in [9.17, 15) is 22.4 Å². The van der Waals surface area contributed by atoms with Gasteiger partial charge in [-0.3, -0.25) is 4.79 Å². The van der Waals surface area contributed by atoms with Gasteiger partial charge in [-0.1, -0.05) is 12.1 Å². The number of nitrogens with zero attached hydrogens (tertiary/aromatic N) is 1. The summed E-state index contributed by atoms with van der Waals surface area (Å²) < 4.78 is 41.1. The van der Waals surface area contributed by atoms with Crippen LogP contribution in [0, 0.1) is 5.82 Å². The quantitative estimate of drug-likeness (QED) is 0.733. The van der Waals surface area contributed by atoms with Crippen molar-refractivity contribution >= 4 is 21.7 Å². The Morgan fingerprint density at radius 3 is 2.46 bits per heavy atom. The van der Waals surface area contributed by atoms with Crippen molar-refractivity contribution in [2.75, 3.05) is 18.6 Å². The van der Waals surface area contributed by atoms with Crippen molar-refractivity contribution in [2.24, 2.45) is 0 Å². The van der Waals surface area contributed by atoms with Crippen molar-refractivity contribution in [1.82, 2.24) is 4.90 Å². The average Bonchev–Trinajstić information content (AvgIpc) is 2.88. The Bertz CT molecular complexity index is 716. The number of sulfone groups is 1. The average molecular weight is 357 g/mol. The lowest BCUT2D eigenvalue weighted by molar-refractivity contribution is -0.153. The van der Waals surface area contributed by atoms with Gasteiger partial charge >= 0.3 is 5.97 Å². The predicted octanol–water partition coefficient (Wildman–Crippen LogP) is 0.945. The maximum Gasteiger partial charge on any atom is 0.328 e. The second-order valence-electron chi connectivity index (χ2n) is 5.86. The van der Waals surface area contributed by atoms with Crippen molar-refractivity contribution in [3.63, 3.8) is 0 Å². The molecule has 0 spiro atoms. The Balaban J connectivity index is 2.22. The maximum absolute atomic E-state index is 13.0. The smallest absolute Gasteiger partial charge is 0.328 e. The molecule has 1 aromatic rings. The number of halogens is 1. The van der Waals surface area contributed by atoms with E-state index in [1.165, 1.54) is 43.2 Å². The highest BCUT2D eigenvalue weighted by Crippen LogP contribution is 2.22. The van der Waals surface area contributed by atoms with Crippen LogP contribution in [0.4, 0.5) is 4.39 Å². The van der Waals surface area contributed by atoms with Gasteiger partial charge in [-0.25, -0.2) is 17.6 Å². The molecule has 0 aliphatic carbocycles. The topological polar surface area (TPSA) is 80.8 Å². The molecule has 2 atom stereocenters. The molecule has 0 aromatic heterocycles. The number of hydrogen-bond acceptors (Lipinski definition) is 5. The van der Waals surface area contributed by atoms with Crippen LogP contribution in [-0.4, -0.2) is 55.9 Å². The number of carbonyl (C=O) groups is 2. The van der Waals surface area contributed by atoms with E-state index < -0.39 is 33.7 Å². The van der Waals surface area contributed by atoms with E-state index >= 15 is 0 Å². The third kappa shape index (κ3) is 4.31. The summed E-state index contributed by atoms with van der Waals surface area (Å²) in [4.78, 5) is 25.8. The van der Waals surface area contributed by atoms with Gasteiger partial charge in [0.25, 0.3) is 0 Å². The molecule has 1 heterocycles. The normalized spacial score (nSPS) is 20.4. The first-order valence-electron chi connectivity index (χ1n) is 7.57. The third-order valence-electron chi connectivity index (χ3n) is 4.12. The number of hydrogen-bond donors (Lipinski definition) is 0. The molecule has 1 fully saturated rings. The molecule has 2 unspecified atom stereocenters. The summed E-state index contributed by atoms with van der Waals surface area (Å²) in [5.41, 5.74) is 0.587. The van der Waals surface area contributed by atoms with E-state index in [1.807, 2.05) is 0 Å². The minimum Gasteiger partial charge on any atom is -0.467 e. The number of amides is 1. The Labute approximate surface area is 140 Å². The highest BCUT2D eigenvalue weighted by atomic mass is 32.2.